The summed E-state index contributed by atoms with van der Waals surface area (Å²) < 4.78 is 5.20. The lowest BCUT2D eigenvalue weighted by Crippen LogP contribution is -2.32. The maximum Gasteiger partial charge on any atom is 0.338 e. The van der Waals surface area contributed by atoms with Crippen LogP contribution < -0.4 is 10.2 Å². The highest BCUT2D eigenvalue weighted by Crippen LogP contribution is 2.31. The number of hydrogen-bond acceptors (Lipinski definition) is 5. The molecule has 1 N–H and O–H groups in total. The number of aryl methyl sites for hydroxylation is 1. The van der Waals surface area contributed by atoms with Gasteiger partial charge in [-0.05, 0) is 55.3 Å². The summed E-state index contributed by atoms with van der Waals surface area (Å²) >= 11 is 12.1. The molecule has 0 aromatic heterocycles. The molecule has 30 heavy (non-hydrogen) atoms. The first-order chi connectivity index (χ1) is 14.3. The van der Waals surface area contributed by atoms with E-state index in [-0.39, 0.29) is 22.0 Å². The van der Waals surface area contributed by atoms with Crippen LogP contribution in [0.3, 0.4) is 0 Å². The van der Waals surface area contributed by atoms with Crippen LogP contribution in [0.4, 0.5) is 11.4 Å². The number of hydrogen-bond donors (Lipinski definition) is 1. The molecule has 0 unspecified atom stereocenters. The smallest absolute Gasteiger partial charge is 0.338 e. The Morgan fingerprint density at radius 2 is 1.87 bits per heavy atom. The Balaban J connectivity index is 1.83. The van der Waals surface area contributed by atoms with Gasteiger partial charge >= 0.3 is 5.97 Å². The van der Waals surface area contributed by atoms with Crippen molar-refractivity contribution in [2.45, 2.75) is 26.7 Å². The fourth-order valence-electron chi connectivity index (χ4n) is 2.91. The van der Waals surface area contributed by atoms with Crippen molar-refractivity contribution in [3.05, 3.63) is 69.3 Å². The number of nitrogens with one attached hydrogen (secondary N) is 1. The van der Waals surface area contributed by atoms with Gasteiger partial charge in [0.15, 0.2) is 0 Å². The first-order valence-corrected chi connectivity index (χ1v) is 10.2. The maximum atomic E-state index is 13.0. The molecular formula is C22H20Cl2N2O4. The second-order valence-electron chi connectivity index (χ2n) is 6.76. The number of anilines is 2. The Morgan fingerprint density at radius 3 is 2.57 bits per heavy atom. The summed E-state index contributed by atoms with van der Waals surface area (Å²) in [6.45, 7) is 4.12. The average Bonchev–Trinajstić information content (AvgIpc) is 2.93. The molecule has 1 aliphatic heterocycles. The van der Waals surface area contributed by atoms with E-state index in [1.165, 1.54) is 6.07 Å². The van der Waals surface area contributed by atoms with Gasteiger partial charge in [-0.1, -0.05) is 42.6 Å². The van der Waals surface area contributed by atoms with Crippen molar-refractivity contribution in [1.82, 2.24) is 0 Å². The molecule has 2 amide bonds. The molecule has 0 radical (unpaired) electrons. The van der Waals surface area contributed by atoms with Gasteiger partial charge in [0, 0.05) is 10.7 Å². The fraction of sp³-hybridized carbons (Fsp3) is 0.227. The number of carbonyl (C=O) groups excluding carboxylic acids is 3. The molecule has 0 fully saturated rings. The van der Waals surface area contributed by atoms with Gasteiger partial charge in [0.05, 0.1) is 17.9 Å². The summed E-state index contributed by atoms with van der Waals surface area (Å²) in [6, 6.07) is 11.2. The van der Waals surface area contributed by atoms with E-state index < -0.39 is 17.8 Å². The molecule has 1 heterocycles. The molecule has 156 valence electrons. The third-order valence-electron chi connectivity index (χ3n) is 4.55. The number of rotatable bonds is 7. The fourth-order valence-corrected chi connectivity index (χ4v) is 3.35. The summed E-state index contributed by atoms with van der Waals surface area (Å²) in [4.78, 5) is 38.8. The van der Waals surface area contributed by atoms with E-state index >= 15 is 0 Å². The van der Waals surface area contributed by atoms with Gasteiger partial charge in [-0.3, -0.25) is 9.59 Å². The molecule has 1 aliphatic rings. The van der Waals surface area contributed by atoms with Crippen molar-refractivity contribution in [3.63, 3.8) is 0 Å². The minimum Gasteiger partial charge on any atom is -0.462 e. The monoisotopic (exact) mass is 446 g/mol. The molecule has 0 saturated heterocycles. The summed E-state index contributed by atoms with van der Waals surface area (Å²) in [5.41, 5.74) is 1.83. The Kier molecular flexibility index (Phi) is 6.80. The Labute approximate surface area is 184 Å². The van der Waals surface area contributed by atoms with Crippen LogP contribution in [-0.4, -0.2) is 24.4 Å². The highest BCUT2D eigenvalue weighted by Gasteiger charge is 2.39. The zero-order valence-corrected chi connectivity index (χ0v) is 18.0. The molecule has 0 aliphatic carbocycles. The molecule has 2 aromatic carbocycles. The number of unbranched alkanes of at least 4 members (excludes halogenated alkanes) is 1. The number of amides is 2. The zero-order chi connectivity index (χ0) is 21.8. The van der Waals surface area contributed by atoms with Crippen molar-refractivity contribution >= 4 is 52.4 Å². The molecule has 0 bridgehead atoms. The van der Waals surface area contributed by atoms with Crippen molar-refractivity contribution in [3.8, 4) is 0 Å². The largest absolute Gasteiger partial charge is 0.462 e. The van der Waals surface area contributed by atoms with E-state index in [9.17, 15) is 14.4 Å². The van der Waals surface area contributed by atoms with Crippen LogP contribution in [0.15, 0.2) is 53.2 Å². The predicted molar refractivity (Wildman–Crippen MR) is 117 cm³/mol. The van der Waals surface area contributed by atoms with Gasteiger partial charge < -0.3 is 10.1 Å². The van der Waals surface area contributed by atoms with E-state index in [1.54, 1.807) is 36.4 Å². The van der Waals surface area contributed by atoms with Crippen molar-refractivity contribution < 1.29 is 19.1 Å². The molecule has 8 heteroatoms. The summed E-state index contributed by atoms with van der Waals surface area (Å²) in [5, 5.41) is 3.24. The number of imide groups is 1. The van der Waals surface area contributed by atoms with E-state index in [0.29, 0.717) is 17.3 Å². The van der Waals surface area contributed by atoms with Gasteiger partial charge in [0.25, 0.3) is 11.8 Å². The zero-order valence-electron chi connectivity index (χ0n) is 16.5. The lowest BCUT2D eigenvalue weighted by atomic mass is 10.2. The summed E-state index contributed by atoms with van der Waals surface area (Å²) in [5.74, 6) is -1.80. The van der Waals surface area contributed by atoms with Gasteiger partial charge in [0.1, 0.15) is 10.7 Å². The van der Waals surface area contributed by atoms with E-state index in [1.807, 2.05) is 13.8 Å². The van der Waals surface area contributed by atoms with Crippen LogP contribution in [-0.2, 0) is 14.3 Å². The van der Waals surface area contributed by atoms with Crippen molar-refractivity contribution in [2.24, 2.45) is 0 Å². The lowest BCUT2D eigenvalue weighted by molar-refractivity contribution is -0.120. The molecule has 6 nitrogen and oxygen atoms in total. The van der Waals surface area contributed by atoms with E-state index in [4.69, 9.17) is 27.9 Å². The maximum absolute atomic E-state index is 13.0. The second-order valence-corrected chi connectivity index (χ2v) is 7.57. The van der Waals surface area contributed by atoms with E-state index in [0.717, 1.165) is 23.3 Å². The first kappa shape index (κ1) is 21.9. The van der Waals surface area contributed by atoms with Gasteiger partial charge in [-0.25, -0.2) is 9.69 Å². The van der Waals surface area contributed by atoms with E-state index in [2.05, 4.69) is 5.32 Å². The number of ether oxygens (including phenoxy) is 1. The van der Waals surface area contributed by atoms with Crippen molar-refractivity contribution in [1.29, 1.82) is 0 Å². The number of carbonyl (C=O) groups is 3. The summed E-state index contributed by atoms with van der Waals surface area (Å²) in [6.07, 6.45) is 1.66. The predicted octanol–water partition coefficient (Wildman–Crippen LogP) is 5.04. The van der Waals surface area contributed by atoms with Gasteiger partial charge in [-0.2, -0.15) is 0 Å². The van der Waals surface area contributed by atoms with Crippen LogP contribution in [0.1, 0.15) is 35.7 Å². The van der Waals surface area contributed by atoms with Crippen molar-refractivity contribution in [2.75, 3.05) is 16.8 Å². The minimum atomic E-state index is -0.674. The number of esters is 1. The lowest BCUT2D eigenvalue weighted by Gasteiger charge is -2.16. The third-order valence-corrected chi connectivity index (χ3v) is 5.13. The third kappa shape index (κ3) is 4.50. The normalized spacial score (nSPS) is 13.8. The van der Waals surface area contributed by atoms with Crippen LogP contribution in [0.2, 0.25) is 5.02 Å². The van der Waals surface area contributed by atoms with Gasteiger partial charge in [0.2, 0.25) is 0 Å². The standard InChI is InChI=1S/C22H20Cl2N2O4/c1-3-4-10-30-22(29)14-6-5-7-16(12-14)26-20(27)18(24)19(21(26)28)25-17-9-8-15(23)11-13(17)2/h5-9,11-12,25H,3-4,10H2,1-2H3. The molecule has 3 rings (SSSR count). The Hall–Kier alpha value is -2.83. The quantitative estimate of drug-likeness (QED) is 0.366. The Bertz CT molecular complexity index is 1050. The highest BCUT2D eigenvalue weighted by atomic mass is 35.5. The van der Waals surface area contributed by atoms with Crippen LogP contribution in [0, 0.1) is 6.92 Å². The molecule has 0 spiro atoms. The average molecular weight is 447 g/mol. The van der Waals surface area contributed by atoms with Crippen LogP contribution >= 0.6 is 23.2 Å². The Morgan fingerprint density at radius 1 is 1.10 bits per heavy atom. The van der Waals surface area contributed by atoms with Crippen LogP contribution in [0.5, 0.6) is 0 Å². The first-order valence-electron chi connectivity index (χ1n) is 9.42. The number of halogens is 2. The SMILES string of the molecule is CCCCOC(=O)c1cccc(N2C(=O)C(Cl)=C(Nc3ccc(Cl)cc3C)C2=O)c1. The van der Waals surface area contributed by atoms with Crippen LogP contribution in [0.25, 0.3) is 0 Å². The molecule has 0 saturated carbocycles. The summed E-state index contributed by atoms with van der Waals surface area (Å²) in [7, 11) is 0. The topological polar surface area (TPSA) is 75.7 Å². The minimum absolute atomic E-state index is 0.0389. The molecule has 0 atom stereocenters. The number of benzene rings is 2. The molecule has 2 aromatic rings. The number of nitrogens with zero attached hydrogens (tertiary/aromatic N) is 1. The molecular weight excluding hydrogens is 427 g/mol. The highest BCUT2D eigenvalue weighted by molar-refractivity contribution is 6.53. The van der Waals surface area contributed by atoms with Gasteiger partial charge in [-0.15, -0.1) is 0 Å². The second kappa shape index (κ2) is 9.32.